The minimum absolute atomic E-state index is 0. The lowest BCUT2D eigenvalue weighted by Crippen LogP contribution is -2.48. The summed E-state index contributed by atoms with van der Waals surface area (Å²) in [6.45, 7) is 5.56. The van der Waals surface area contributed by atoms with Crippen LogP contribution in [-0.4, -0.2) is 66.7 Å². The molecule has 1 aliphatic heterocycles. The van der Waals surface area contributed by atoms with Gasteiger partial charge in [-0.2, -0.15) is 0 Å². The molecular weight excluding hydrogens is 316 g/mol. The second-order valence-corrected chi connectivity index (χ2v) is 7.51. The number of sulfonamides is 1. The van der Waals surface area contributed by atoms with Gasteiger partial charge in [0.1, 0.15) is 0 Å². The van der Waals surface area contributed by atoms with Crippen LogP contribution in [0.2, 0.25) is 0 Å². The van der Waals surface area contributed by atoms with Crippen LogP contribution in [0.4, 0.5) is 0 Å². The Morgan fingerprint density at radius 3 is 2.29 bits per heavy atom. The van der Waals surface area contributed by atoms with E-state index in [1.807, 2.05) is 4.90 Å². The van der Waals surface area contributed by atoms with E-state index in [9.17, 15) is 13.2 Å². The van der Waals surface area contributed by atoms with Gasteiger partial charge in [0.2, 0.25) is 10.0 Å². The van der Waals surface area contributed by atoms with Crippen molar-refractivity contribution in [2.24, 2.45) is 0 Å². The quantitative estimate of drug-likeness (QED) is 0.721. The van der Waals surface area contributed by atoms with Gasteiger partial charge in [-0.3, -0.25) is 9.69 Å². The van der Waals surface area contributed by atoms with Gasteiger partial charge in [0.25, 0.3) is 0 Å². The number of nitrogens with zero attached hydrogens (tertiary/aromatic N) is 2. The molecule has 1 aliphatic rings. The molecule has 0 unspecified atom stereocenters. The standard InChI is InChI=1S/C13H26N2O4S.ClH/c1-3-5-8-14(11-13(16)17)12-6-9-15(10-7-12)20(18,19)4-2;/h12H,3-11H2,1-2H3,(H,16,17);1H. The third-order valence-electron chi connectivity index (χ3n) is 3.84. The topological polar surface area (TPSA) is 77.9 Å². The minimum atomic E-state index is -3.11. The molecule has 1 rings (SSSR count). The SMILES string of the molecule is CCCCN(CC(=O)O)C1CCN(S(=O)(=O)CC)CC1.Cl. The van der Waals surface area contributed by atoms with Crippen LogP contribution < -0.4 is 0 Å². The van der Waals surface area contributed by atoms with Crippen LogP contribution >= 0.6 is 12.4 Å². The highest BCUT2D eigenvalue weighted by Gasteiger charge is 2.30. The van der Waals surface area contributed by atoms with Crippen molar-refractivity contribution >= 4 is 28.4 Å². The van der Waals surface area contributed by atoms with Gasteiger partial charge in [0, 0.05) is 19.1 Å². The van der Waals surface area contributed by atoms with Gasteiger partial charge < -0.3 is 5.11 Å². The summed E-state index contributed by atoms with van der Waals surface area (Å²) in [6, 6.07) is 0.181. The Labute approximate surface area is 134 Å². The van der Waals surface area contributed by atoms with Gasteiger partial charge in [0.05, 0.1) is 12.3 Å². The summed E-state index contributed by atoms with van der Waals surface area (Å²) in [7, 11) is -3.11. The number of hydrogen-bond acceptors (Lipinski definition) is 4. The van der Waals surface area contributed by atoms with Gasteiger partial charge in [-0.05, 0) is 32.7 Å². The second kappa shape index (κ2) is 9.61. The van der Waals surface area contributed by atoms with Crippen LogP contribution in [0.25, 0.3) is 0 Å². The zero-order valence-electron chi connectivity index (χ0n) is 12.8. The highest BCUT2D eigenvalue weighted by Crippen LogP contribution is 2.19. The highest BCUT2D eigenvalue weighted by atomic mass is 35.5. The van der Waals surface area contributed by atoms with E-state index < -0.39 is 16.0 Å². The molecule has 0 atom stereocenters. The van der Waals surface area contributed by atoms with Crippen LogP contribution in [0.3, 0.4) is 0 Å². The van der Waals surface area contributed by atoms with Crippen molar-refractivity contribution in [1.29, 1.82) is 0 Å². The first-order chi connectivity index (χ1) is 9.40. The van der Waals surface area contributed by atoms with E-state index in [1.165, 1.54) is 4.31 Å². The number of carboxylic acids is 1. The Kier molecular flexibility index (Phi) is 9.44. The molecule has 1 N–H and O–H groups in total. The minimum Gasteiger partial charge on any atom is -0.480 e. The van der Waals surface area contributed by atoms with Crippen LogP contribution in [0.1, 0.15) is 39.5 Å². The van der Waals surface area contributed by atoms with Crippen LogP contribution in [0.15, 0.2) is 0 Å². The predicted molar refractivity (Wildman–Crippen MR) is 85.4 cm³/mol. The Morgan fingerprint density at radius 2 is 1.86 bits per heavy atom. The zero-order valence-corrected chi connectivity index (χ0v) is 14.5. The average Bonchev–Trinajstić information content (AvgIpc) is 2.43. The first-order valence-corrected chi connectivity index (χ1v) is 8.95. The molecule has 0 saturated carbocycles. The molecule has 0 spiro atoms. The Morgan fingerprint density at radius 1 is 1.29 bits per heavy atom. The number of unbranched alkanes of at least 4 members (excludes halogenated alkanes) is 1. The average molecular weight is 343 g/mol. The second-order valence-electron chi connectivity index (χ2n) is 5.25. The molecule has 8 heteroatoms. The summed E-state index contributed by atoms with van der Waals surface area (Å²) in [6.07, 6.45) is 3.44. The summed E-state index contributed by atoms with van der Waals surface area (Å²) in [5.74, 6) is -0.684. The lowest BCUT2D eigenvalue weighted by atomic mass is 10.0. The first-order valence-electron chi connectivity index (χ1n) is 7.34. The number of halogens is 1. The fourth-order valence-corrected chi connectivity index (χ4v) is 3.73. The molecule has 126 valence electrons. The maximum absolute atomic E-state index is 11.8. The summed E-state index contributed by atoms with van der Waals surface area (Å²) >= 11 is 0. The van der Waals surface area contributed by atoms with Gasteiger partial charge in [0.15, 0.2) is 0 Å². The van der Waals surface area contributed by atoms with Gasteiger partial charge in [-0.1, -0.05) is 13.3 Å². The monoisotopic (exact) mass is 342 g/mol. The first kappa shape index (κ1) is 20.6. The normalized spacial score (nSPS) is 17.7. The molecule has 0 aromatic heterocycles. The molecule has 0 aromatic carbocycles. The molecule has 0 aliphatic carbocycles. The zero-order chi connectivity index (χ0) is 15.2. The third-order valence-corrected chi connectivity index (χ3v) is 5.72. The van der Waals surface area contributed by atoms with Crippen LogP contribution in [0, 0.1) is 0 Å². The largest absolute Gasteiger partial charge is 0.480 e. The molecule has 1 fully saturated rings. The lowest BCUT2D eigenvalue weighted by Gasteiger charge is -2.37. The molecule has 0 radical (unpaired) electrons. The molecule has 0 aromatic rings. The van der Waals surface area contributed by atoms with E-state index in [-0.39, 0.29) is 30.7 Å². The van der Waals surface area contributed by atoms with Crippen molar-refractivity contribution in [3.8, 4) is 0 Å². The Bertz CT molecular complexity index is 408. The fourth-order valence-electron chi connectivity index (χ4n) is 2.59. The van der Waals surface area contributed by atoms with Crippen molar-refractivity contribution < 1.29 is 18.3 Å². The number of carboxylic acid groups (broad SMARTS) is 1. The lowest BCUT2D eigenvalue weighted by molar-refractivity contribution is -0.139. The highest BCUT2D eigenvalue weighted by molar-refractivity contribution is 7.89. The maximum atomic E-state index is 11.8. The third kappa shape index (κ3) is 6.50. The van der Waals surface area contributed by atoms with E-state index in [0.29, 0.717) is 13.1 Å². The van der Waals surface area contributed by atoms with Crippen molar-refractivity contribution in [3.05, 3.63) is 0 Å². The van der Waals surface area contributed by atoms with Crippen LogP contribution in [0.5, 0.6) is 0 Å². The number of aliphatic carboxylic acids is 1. The van der Waals surface area contributed by atoms with Crippen molar-refractivity contribution in [3.63, 3.8) is 0 Å². The fraction of sp³-hybridized carbons (Fsp3) is 0.923. The summed E-state index contributed by atoms with van der Waals surface area (Å²) in [4.78, 5) is 12.9. The van der Waals surface area contributed by atoms with Crippen LogP contribution in [-0.2, 0) is 14.8 Å². The van der Waals surface area contributed by atoms with E-state index in [2.05, 4.69) is 6.92 Å². The molecule has 1 saturated heterocycles. The van der Waals surface area contributed by atoms with E-state index in [0.717, 1.165) is 32.2 Å². The van der Waals surface area contributed by atoms with Crippen molar-refractivity contribution in [2.75, 3.05) is 31.9 Å². The smallest absolute Gasteiger partial charge is 0.317 e. The van der Waals surface area contributed by atoms with Gasteiger partial charge >= 0.3 is 5.97 Å². The van der Waals surface area contributed by atoms with Gasteiger partial charge in [-0.15, -0.1) is 12.4 Å². The maximum Gasteiger partial charge on any atom is 0.317 e. The predicted octanol–water partition coefficient (Wildman–Crippen LogP) is 1.41. The summed E-state index contributed by atoms with van der Waals surface area (Å²) in [5.41, 5.74) is 0. The summed E-state index contributed by atoms with van der Waals surface area (Å²) in [5, 5.41) is 8.99. The van der Waals surface area contributed by atoms with E-state index in [1.54, 1.807) is 6.92 Å². The molecule has 21 heavy (non-hydrogen) atoms. The van der Waals surface area contributed by atoms with Gasteiger partial charge in [-0.25, -0.2) is 12.7 Å². The molecular formula is C13H27ClN2O4S. The molecule has 6 nitrogen and oxygen atoms in total. The van der Waals surface area contributed by atoms with Crippen molar-refractivity contribution in [1.82, 2.24) is 9.21 Å². The Balaban J connectivity index is 0.00000400. The number of piperidine rings is 1. The Hall–Kier alpha value is -0.370. The van der Waals surface area contributed by atoms with E-state index in [4.69, 9.17) is 5.11 Å². The molecule has 0 amide bonds. The van der Waals surface area contributed by atoms with Crippen molar-refractivity contribution in [2.45, 2.75) is 45.6 Å². The number of hydrogen-bond donors (Lipinski definition) is 1. The molecule has 0 bridgehead atoms. The number of rotatable bonds is 8. The summed E-state index contributed by atoms with van der Waals surface area (Å²) < 4.78 is 25.1. The number of carbonyl (C=O) groups is 1. The molecule has 1 heterocycles. The van der Waals surface area contributed by atoms with E-state index >= 15 is 0 Å².